The fourth-order valence-corrected chi connectivity index (χ4v) is 0.117. The number of ketones is 1. The van der Waals surface area contributed by atoms with Gasteiger partial charge >= 0.3 is 5.97 Å². The molecule has 0 heterocycles. The van der Waals surface area contributed by atoms with E-state index < -0.39 is 24.7 Å². The van der Waals surface area contributed by atoms with Gasteiger partial charge in [-0.3, -0.25) is 4.79 Å². The molecular formula is C4H6O4. The van der Waals surface area contributed by atoms with Crippen LogP contribution in [0.5, 0.6) is 0 Å². The summed E-state index contributed by atoms with van der Waals surface area (Å²) in [7, 11) is 0. The zero-order chi connectivity index (χ0) is 9.23. The van der Waals surface area contributed by atoms with Gasteiger partial charge in [0.05, 0.1) is 0 Å². The van der Waals surface area contributed by atoms with E-state index >= 15 is 0 Å². The molecule has 0 amide bonds. The second-order valence-electron chi connectivity index (χ2n) is 1.07. The number of aliphatic carboxylic acids is 1. The Hall–Kier alpha value is -0.900. The summed E-state index contributed by atoms with van der Waals surface area (Å²) < 4.78 is 19.4. The van der Waals surface area contributed by atoms with Crippen LogP contribution in [0.1, 0.15) is 11.0 Å². The standard InChI is InChI=1S/C4H6O4/c1-2(5)3(6)4(7)8/h2,5H,1H3,(H,7,8)/t2-/m0/s1/i1D3. The Morgan fingerprint density at radius 3 is 2.38 bits per heavy atom. The zero-order valence-electron chi connectivity index (χ0n) is 6.79. The van der Waals surface area contributed by atoms with Gasteiger partial charge in [-0.25, -0.2) is 4.79 Å². The lowest BCUT2D eigenvalue weighted by Crippen LogP contribution is -2.24. The van der Waals surface area contributed by atoms with Crippen molar-refractivity contribution in [3.8, 4) is 0 Å². The average molecular weight is 121 g/mol. The van der Waals surface area contributed by atoms with Gasteiger partial charge in [0.1, 0.15) is 6.10 Å². The van der Waals surface area contributed by atoms with Gasteiger partial charge in [0.2, 0.25) is 0 Å². The summed E-state index contributed by atoms with van der Waals surface area (Å²) in [4.78, 5) is 20.1. The van der Waals surface area contributed by atoms with E-state index in [1.54, 1.807) is 0 Å². The number of aliphatic hydroxyl groups is 1. The SMILES string of the molecule is [2H]C([2H])([2H])[C@H](O)C(=O)C(=O)O. The second-order valence-corrected chi connectivity index (χ2v) is 1.07. The van der Waals surface area contributed by atoms with E-state index in [4.69, 9.17) is 14.3 Å². The maximum absolute atomic E-state index is 10.3. The molecule has 0 aliphatic heterocycles. The van der Waals surface area contributed by atoms with Gasteiger partial charge < -0.3 is 10.2 Å². The van der Waals surface area contributed by atoms with Gasteiger partial charge in [0, 0.05) is 4.11 Å². The lowest BCUT2D eigenvalue weighted by atomic mass is 10.3. The van der Waals surface area contributed by atoms with Crippen molar-refractivity contribution in [1.29, 1.82) is 0 Å². The summed E-state index contributed by atoms with van der Waals surface area (Å²) in [6.07, 6.45) is -2.43. The lowest BCUT2D eigenvalue weighted by Gasteiger charge is -1.93. The molecule has 1 atom stereocenters. The van der Waals surface area contributed by atoms with Crippen LogP contribution in [-0.2, 0) is 9.59 Å². The van der Waals surface area contributed by atoms with Crippen molar-refractivity contribution in [2.75, 3.05) is 0 Å². The number of carbonyl (C=O) groups is 2. The molecule has 46 valence electrons. The fourth-order valence-electron chi connectivity index (χ4n) is 0.117. The summed E-state index contributed by atoms with van der Waals surface area (Å²) in [6.45, 7) is -2.96. The summed E-state index contributed by atoms with van der Waals surface area (Å²) in [5.74, 6) is -3.67. The molecule has 4 nitrogen and oxygen atoms in total. The monoisotopic (exact) mass is 121 g/mol. The van der Waals surface area contributed by atoms with Crippen molar-refractivity contribution in [3.05, 3.63) is 0 Å². The maximum Gasteiger partial charge on any atom is 0.374 e. The third kappa shape index (κ3) is 1.70. The first kappa shape index (κ1) is 3.19. The van der Waals surface area contributed by atoms with Crippen LogP contribution in [0.2, 0.25) is 0 Å². The average Bonchev–Trinajstić information content (AvgIpc) is 1.82. The Bertz CT molecular complexity index is 184. The Morgan fingerprint density at radius 1 is 1.75 bits per heavy atom. The zero-order valence-corrected chi connectivity index (χ0v) is 3.79. The predicted octanol–water partition coefficient (Wildman–Crippen LogP) is -0.979. The quantitative estimate of drug-likeness (QED) is 0.460. The summed E-state index contributed by atoms with van der Waals surface area (Å²) >= 11 is 0. The molecule has 0 unspecified atom stereocenters. The van der Waals surface area contributed by atoms with Crippen molar-refractivity contribution >= 4 is 11.8 Å². The Kier molecular flexibility index (Phi) is 0.964. The van der Waals surface area contributed by atoms with E-state index in [2.05, 4.69) is 0 Å². The van der Waals surface area contributed by atoms with E-state index in [9.17, 15) is 9.59 Å². The minimum atomic E-state index is -2.96. The Morgan fingerprint density at radius 2 is 2.25 bits per heavy atom. The molecule has 0 radical (unpaired) electrons. The molecule has 4 heteroatoms. The molecule has 0 fully saturated rings. The molecule has 0 rings (SSSR count). The van der Waals surface area contributed by atoms with E-state index in [1.165, 1.54) is 0 Å². The molecule has 0 saturated carbocycles. The van der Waals surface area contributed by atoms with Crippen molar-refractivity contribution < 1.29 is 23.9 Å². The summed E-state index contributed by atoms with van der Waals surface area (Å²) in [5.41, 5.74) is 0. The van der Waals surface area contributed by atoms with E-state index in [0.29, 0.717) is 0 Å². The molecule has 0 spiro atoms. The van der Waals surface area contributed by atoms with Gasteiger partial charge in [-0.1, -0.05) is 0 Å². The summed E-state index contributed by atoms with van der Waals surface area (Å²) in [5, 5.41) is 16.5. The van der Waals surface area contributed by atoms with Crippen molar-refractivity contribution in [2.24, 2.45) is 0 Å². The molecule has 0 aliphatic carbocycles. The number of hydrogen-bond donors (Lipinski definition) is 2. The molecule has 0 aromatic heterocycles. The predicted molar refractivity (Wildman–Crippen MR) is 24.3 cm³/mol. The van der Waals surface area contributed by atoms with Crippen LogP contribution in [0.15, 0.2) is 0 Å². The van der Waals surface area contributed by atoms with Gasteiger partial charge in [0.25, 0.3) is 5.78 Å². The number of carboxylic acids is 1. The molecule has 0 saturated heterocycles. The third-order valence-corrected chi connectivity index (χ3v) is 0.459. The number of carboxylic acid groups (broad SMARTS) is 1. The van der Waals surface area contributed by atoms with Crippen LogP contribution in [0.4, 0.5) is 0 Å². The molecular weight excluding hydrogens is 112 g/mol. The van der Waals surface area contributed by atoms with Crippen LogP contribution in [-0.4, -0.2) is 28.1 Å². The highest BCUT2D eigenvalue weighted by Gasteiger charge is 2.16. The number of carbonyl (C=O) groups excluding carboxylic acids is 1. The number of rotatable bonds is 2. The largest absolute Gasteiger partial charge is 0.475 e. The first-order valence-corrected chi connectivity index (χ1v) is 1.72. The third-order valence-electron chi connectivity index (χ3n) is 0.459. The fraction of sp³-hybridized carbons (Fsp3) is 0.500. The highest BCUT2D eigenvalue weighted by molar-refractivity contribution is 6.34. The minimum Gasteiger partial charge on any atom is -0.475 e. The molecule has 0 aromatic rings. The van der Waals surface area contributed by atoms with Crippen LogP contribution >= 0.6 is 0 Å². The lowest BCUT2D eigenvalue weighted by molar-refractivity contribution is -0.152. The molecule has 8 heavy (non-hydrogen) atoms. The van der Waals surface area contributed by atoms with Crippen LogP contribution in [0.3, 0.4) is 0 Å². The number of aliphatic hydroxyl groups excluding tert-OH is 1. The highest BCUT2D eigenvalue weighted by Crippen LogP contribution is 1.81. The van der Waals surface area contributed by atoms with E-state index in [1.807, 2.05) is 0 Å². The summed E-state index contributed by atoms with van der Waals surface area (Å²) in [6, 6.07) is 0. The van der Waals surface area contributed by atoms with Crippen LogP contribution < -0.4 is 0 Å². The van der Waals surface area contributed by atoms with Crippen LogP contribution in [0.25, 0.3) is 0 Å². The normalized spacial score (nSPS) is 19.9. The molecule has 0 bridgehead atoms. The van der Waals surface area contributed by atoms with E-state index in [0.717, 1.165) is 0 Å². The Balaban J connectivity index is 4.38. The molecule has 0 aromatic carbocycles. The van der Waals surface area contributed by atoms with Crippen molar-refractivity contribution in [3.63, 3.8) is 0 Å². The van der Waals surface area contributed by atoms with Gasteiger partial charge in [0.15, 0.2) is 0 Å². The van der Waals surface area contributed by atoms with Gasteiger partial charge in [-0.15, -0.1) is 0 Å². The van der Waals surface area contributed by atoms with E-state index in [-0.39, 0.29) is 0 Å². The second kappa shape index (κ2) is 2.42. The number of Topliss-reactive ketones (excluding diaryl/α,β-unsaturated/α-hetero) is 1. The minimum absolute atomic E-state index is 1.72. The topological polar surface area (TPSA) is 74.6 Å². The molecule has 2 N–H and O–H groups in total. The highest BCUT2D eigenvalue weighted by atomic mass is 16.4. The van der Waals surface area contributed by atoms with Crippen molar-refractivity contribution in [1.82, 2.24) is 0 Å². The van der Waals surface area contributed by atoms with Crippen LogP contribution in [0, 0.1) is 0 Å². The van der Waals surface area contributed by atoms with Gasteiger partial charge in [-0.2, -0.15) is 0 Å². The first-order valence-electron chi connectivity index (χ1n) is 3.22. The Labute approximate surface area is 50.0 Å². The molecule has 0 aliphatic rings. The van der Waals surface area contributed by atoms with Crippen molar-refractivity contribution in [2.45, 2.75) is 13.0 Å². The first-order chi connectivity index (χ1) is 4.76. The van der Waals surface area contributed by atoms with Gasteiger partial charge in [-0.05, 0) is 6.85 Å². The smallest absolute Gasteiger partial charge is 0.374 e. The maximum atomic E-state index is 10.3. The number of hydrogen-bond acceptors (Lipinski definition) is 3.